The van der Waals surface area contributed by atoms with E-state index in [9.17, 15) is 4.79 Å². The van der Waals surface area contributed by atoms with Crippen molar-refractivity contribution in [1.82, 2.24) is 4.98 Å². The summed E-state index contributed by atoms with van der Waals surface area (Å²) < 4.78 is 5.02. The standard InChI is InChI=1S/C20H22N6O2/c1-12(2)18(23-15-8-9-17-16(10-15)25-20(27)28-17)26-19(22-3)24-14-6-4-13(11-21)5-7-14/h4-10,23H,3,11,21H2,1-2H3,(H,24,26)(H,25,27). The summed E-state index contributed by atoms with van der Waals surface area (Å²) in [5.41, 5.74) is 10.3. The van der Waals surface area contributed by atoms with E-state index >= 15 is 0 Å². The van der Waals surface area contributed by atoms with Gasteiger partial charge in [-0.3, -0.25) is 4.98 Å². The van der Waals surface area contributed by atoms with E-state index in [0.717, 1.165) is 22.5 Å². The number of rotatable bonds is 5. The first-order valence-corrected chi connectivity index (χ1v) is 8.67. The lowest BCUT2D eigenvalue weighted by Gasteiger charge is -2.11. The van der Waals surface area contributed by atoms with Crippen LogP contribution in [0.4, 0.5) is 11.4 Å². The molecule has 0 fully saturated rings. The highest BCUT2D eigenvalue weighted by molar-refractivity contribution is 5.97. The first kappa shape index (κ1) is 19.1. The maximum Gasteiger partial charge on any atom is 0.417 e. The van der Waals surface area contributed by atoms with Gasteiger partial charge in [-0.25, -0.2) is 9.79 Å². The molecule has 3 aromatic rings. The summed E-state index contributed by atoms with van der Waals surface area (Å²) in [6.45, 7) is 7.94. The number of hydrogen-bond donors (Lipinski definition) is 4. The fraction of sp³-hybridized carbons (Fsp3) is 0.150. The lowest BCUT2D eigenvalue weighted by Crippen LogP contribution is -2.12. The Morgan fingerprint density at radius 3 is 2.50 bits per heavy atom. The molecule has 0 bridgehead atoms. The minimum absolute atomic E-state index is 0.349. The number of guanidine groups is 1. The van der Waals surface area contributed by atoms with Crippen molar-refractivity contribution in [2.24, 2.45) is 15.7 Å². The molecular weight excluding hydrogens is 356 g/mol. The number of benzene rings is 2. The molecular formula is C20H22N6O2. The van der Waals surface area contributed by atoms with Gasteiger partial charge in [0, 0.05) is 17.9 Å². The highest BCUT2D eigenvalue weighted by Crippen LogP contribution is 2.19. The van der Waals surface area contributed by atoms with E-state index in [-0.39, 0.29) is 0 Å². The van der Waals surface area contributed by atoms with Gasteiger partial charge in [-0.2, -0.15) is 4.99 Å². The van der Waals surface area contributed by atoms with Crippen molar-refractivity contribution in [3.05, 3.63) is 70.0 Å². The van der Waals surface area contributed by atoms with Gasteiger partial charge in [0.2, 0.25) is 5.96 Å². The molecule has 5 N–H and O–H groups in total. The summed E-state index contributed by atoms with van der Waals surface area (Å²) in [5, 5.41) is 6.36. The molecule has 2 aromatic carbocycles. The second kappa shape index (κ2) is 8.36. The summed E-state index contributed by atoms with van der Waals surface area (Å²) in [7, 11) is 0. The van der Waals surface area contributed by atoms with Crippen LogP contribution in [0.15, 0.2) is 73.1 Å². The number of aliphatic imine (C=N–C) groups is 2. The molecule has 0 saturated carbocycles. The maximum absolute atomic E-state index is 11.3. The number of oxazole rings is 1. The summed E-state index contributed by atoms with van der Waals surface area (Å²) >= 11 is 0. The molecule has 28 heavy (non-hydrogen) atoms. The number of nitrogens with one attached hydrogen (secondary N) is 3. The lowest BCUT2D eigenvalue weighted by molar-refractivity contribution is 0.555. The van der Waals surface area contributed by atoms with Gasteiger partial charge in [0.15, 0.2) is 5.58 Å². The average Bonchev–Trinajstić information content (AvgIpc) is 3.06. The molecule has 0 saturated heterocycles. The van der Waals surface area contributed by atoms with Crippen LogP contribution in [-0.4, -0.2) is 17.7 Å². The molecule has 0 aliphatic carbocycles. The number of fused-ring (bicyclic) bond motifs is 1. The van der Waals surface area contributed by atoms with Gasteiger partial charge in [-0.15, -0.1) is 0 Å². The Labute approximate surface area is 161 Å². The fourth-order valence-corrected chi connectivity index (χ4v) is 2.49. The van der Waals surface area contributed by atoms with E-state index in [2.05, 4.69) is 32.3 Å². The van der Waals surface area contributed by atoms with Crippen LogP contribution in [0.3, 0.4) is 0 Å². The zero-order valence-corrected chi connectivity index (χ0v) is 15.7. The molecule has 0 radical (unpaired) electrons. The fourth-order valence-electron chi connectivity index (χ4n) is 2.49. The molecule has 1 aromatic heterocycles. The van der Waals surface area contributed by atoms with E-state index in [1.165, 1.54) is 0 Å². The molecule has 0 atom stereocenters. The van der Waals surface area contributed by atoms with Crippen molar-refractivity contribution >= 4 is 35.2 Å². The number of allylic oxidation sites excluding steroid dienone is 1. The van der Waals surface area contributed by atoms with E-state index < -0.39 is 5.76 Å². The van der Waals surface area contributed by atoms with Crippen LogP contribution in [0.5, 0.6) is 0 Å². The Bertz CT molecular complexity index is 1100. The van der Waals surface area contributed by atoms with E-state index in [1.54, 1.807) is 18.2 Å². The second-order valence-electron chi connectivity index (χ2n) is 6.32. The Hall–Kier alpha value is -3.65. The first-order valence-electron chi connectivity index (χ1n) is 8.67. The van der Waals surface area contributed by atoms with Crippen molar-refractivity contribution in [3.63, 3.8) is 0 Å². The van der Waals surface area contributed by atoms with Gasteiger partial charge in [0.1, 0.15) is 5.82 Å². The number of hydrogen-bond acceptors (Lipinski definition) is 5. The summed E-state index contributed by atoms with van der Waals surface area (Å²) in [5.74, 6) is 0.469. The van der Waals surface area contributed by atoms with Crippen LogP contribution < -0.4 is 22.1 Å². The highest BCUT2D eigenvalue weighted by Gasteiger charge is 2.06. The van der Waals surface area contributed by atoms with Crippen molar-refractivity contribution in [2.45, 2.75) is 20.4 Å². The van der Waals surface area contributed by atoms with Crippen LogP contribution in [0.25, 0.3) is 11.1 Å². The third-order valence-electron chi connectivity index (χ3n) is 3.97. The summed E-state index contributed by atoms with van der Waals surface area (Å²) in [6.07, 6.45) is 0. The second-order valence-corrected chi connectivity index (χ2v) is 6.32. The molecule has 8 heteroatoms. The minimum Gasteiger partial charge on any atom is -0.408 e. The predicted molar refractivity (Wildman–Crippen MR) is 114 cm³/mol. The van der Waals surface area contributed by atoms with Crippen LogP contribution in [0, 0.1) is 0 Å². The zero-order valence-electron chi connectivity index (χ0n) is 15.7. The number of nitrogens with zero attached hydrogens (tertiary/aromatic N) is 2. The topological polar surface area (TPSA) is 121 Å². The van der Waals surface area contributed by atoms with Gasteiger partial charge in [-0.1, -0.05) is 12.1 Å². The smallest absolute Gasteiger partial charge is 0.408 e. The third kappa shape index (κ3) is 4.54. The monoisotopic (exact) mass is 378 g/mol. The molecule has 1 heterocycles. The predicted octanol–water partition coefficient (Wildman–Crippen LogP) is 3.41. The maximum atomic E-state index is 11.3. The number of anilines is 2. The van der Waals surface area contributed by atoms with Crippen LogP contribution in [-0.2, 0) is 6.54 Å². The van der Waals surface area contributed by atoms with Gasteiger partial charge >= 0.3 is 5.76 Å². The molecule has 0 aliphatic heterocycles. The van der Waals surface area contributed by atoms with E-state index in [1.807, 2.05) is 38.1 Å². The SMILES string of the molecule is C=NC(=NC(Nc1ccc2oc(=O)[nH]c2c1)=C(C)C)Nc1ccc(CN)cc1. The first-order chi connectivity index (χ1) is 13.5. The van der Waals surface area contributed by atoms with Crippen molar-refractivity contribution < 1.29 is 4.42 Å². The minimum atomic E-state index is -0.490. The van der Waals surface area contributed by atoms with E-state index in [0.29, 0.717) is 29.4 Å². The molecule has 144 valence electrons. The average molecular weight is 378 g/mol. The number of aromatic nitrogens is 1. The van der Waals surface area contributed by atoms with Crippen LogP contribution in [0.1, 0.15) is 19.4 Å². The van der Waals surface area contributed by atoms with Crippen molar-refractivity contribution in [3.8, 4) is 0 Å². The Balaban J connectivity index is 1.83. The largest absolute Gasteiger partial charge is 0.417 e. The summed E-state index contributed by atoms with van der Waals surface area (Å²) in [6, 6.07) is 13.0. The van der Waals surface area contributed by atoms with Gasteiger partial charge in [0.05, 0.1) is 5.52 Å². The molecule has 0 spiro atoms. The van der Waals surface area contributed by atoms with Gasteiger partial charge in [-0.05, 0) is 62.0 Å². The third-order valence-corrected chi connectivity index (χ3v) is 3.97. The Morgan fingerprint density at radius 1 is 1.14 bits per heavy atom. The van der Waals surface area contributed by atoms with Gasteiger partial charge in [0.25, 0.3) is 0 Å². The summed E-state index contributed by atoms with van der Waals surface area (Å²) in [4.78, 5) is 22.5. The molecule has 0 unspecified atom stereocenters. The van der Waals surface area contributed by atoms with Crippen molar-refractivity contribution in [1.29, 1.82) is 0 Å². The van der Waals surface area contributed by atoms with Crippen LogP contribution in [0.2, 0.25) is 0 Å². The Morgan fingerprint density at radius 2 is 1.86 bits per heavy atom. The lowest BCUT2D eigenvalue weighted by atomic mass is 10.2. The quantitative estimate of drug-likeness (QED) is 0.400. The normalized spacial score (nSPS) is 11.3. The highest BCUT2D eigenvalue weighted by atomic mass is 16.4. The molecule has 0 aliphatic rings. The zero-order chi connectivity index (χ0) is 20.1. The molecule has 0 amide bonds. The molecule has 3 rings (SSSR count). The van der Waals surface area contributed by atoms with Crippen molar-refractivity contribution in [2.75, 3.05) is 10.6 Å². The van der Waals surface area contributed by atoms with E-state index in [4.69, 9.17) is 10.2 Å². The van der Waals surface area contributed by atoms with Gasteiger partial charge < -0.3 is 20.8 Å². The number of H-pyrrole nitrogens is 1. The Kier molecular flexibility index (Phi) is 5.71. The molecule has 8 nitrogen and oxygen atoms in total. The number of nitrogens with two attached hydrogens (primary N) is 1. The van der Waals surface area contributed by atoms with Crippen LogP contribution >= 0.6 is 0 Å². The number of aromatic amines is 1.